The van der Waals surface area contributed by atoms with Crippen LogP contribution >= 0.6 is 23.2 Å². The molecule has 2 atom stereocenters. The van der Waals surface area contributed by atoms with Crippen molar-refractivity contribution in [2.45, 2.75) is 25.1 Å². The van der Waals surface area contributed by atoms with Crippen LogP contribution in [0.25, 0.3) is 0 Å². The summed E-state index contributed by atoms with van der Waals surface area (Å²) in [4.78, 5) is 5.47. The van der Waals surface area contributed by atoms with Crippen LogP contribution in [0, 0.1) is 11.3 Å². The summed E-state index contributed by atoms with van der Waals surface area (Å²) < 4.78 is 5.43. The topological polar surface area (TPSA) is 98.6 Å². The maximum absolute atomic E-state index is 10.8. The Balaban J connectivity index is 1.62. The predicted octanol–water partition coefficient (Wildman–Crippen LogP) is 3.11. The van der Waals surface area contributed by atoms with E-state index in [1.807, 2.05) is 30.3 Å². The van der Waals surface area contributed by atoms with Crippen LogP contribution in [0.4, 0.5) is 0 Å². The Kier molecular flexibility index (Phi) is 8.11. The highest BCUT2D eigenvalue weighted by molar-refractivity contribution is 6.42. The molecule has 3 rings (SSSR count). The molecule has 0 spiro atoms. The number of halogens is 2. The molecule has 9 heteroatoms. The number of ether oxygens (including phenoxy) is 1. The highest BCUT2D eigenvalue weighted by Gasteiger charge is 2.30. The number of hydrogen-bond donors (Lipinski definition) is 5. The summed E-state index contributed by atoms with van der Waals surface area (Å²) in [5.74, 6) is 0.735. The molecule has 2 aromatic rings. The van der Waals surface area contributed by atoms with Crippen LogP contribution in [0.3, 0.4) is 0 Å². The van der Waals surface area contributed by atoms with Crippen molar-refractivity contribution < 1.29 is 14.7 Å². The number of aliphatic hydroxyl groups is 1. The molecule has 1 saturated heterocycles. The average molecular weight is 439 g/mol. The third-order valence-corrected chi connectivity index (χ3v) is 5.49. The normalized spacial score (nSPS) is 16.8. The van der Waals surface area contributed by atoms with Gasteiger partial charge in [0.2, 0.25) is 0 Å². The number of aliphatic hydroxyl groups excluding tert-OH is 1. The lowest BCUT2D eigenvalue weighted by Gasteiger charge is -2.34. The van der Waals surface area contributed by atoms with Gasteiger partial charge in [-0.2, -0.15) is 0 Å². The lowest BCUT2D eigenvalue weighted by molar-refractivity contribution is -0.00617. The van der Waals surface area contributed by atoms with Crippen LogP contribution in [-0.2, 0) is 4.74 Å². The zero-order chi connectivity index (χ0) is 20.6. The maximum Gasteiger partial charge on any atom is 0.150 e. The van der Waals surface area contributed by atoms with Crippen LogP contribution in [-0.4, -0.2) is 36.4 Å². The minimum atomic E-state index is -1.02. The zero-order valence-corrected chi connectivity index (χ0v) is 17.2. The van der Waals surface area contributed by atoms with Crippen molar-refractivity contribution in [3.05, 3.63) is 64.1 Å². The van der Waals surface area contributed by atoms with Gasteiger partial charge in [-0.15, -0.1) is 0 Å². The standard InChI is InChI=1S/C20H24Cl2N4O3/c21-16-7-6-15(12-17(16)22)29-26-25-18(13-8-10-28-11-9-13)20(27)24-19(23)14-4-2-1-3-5-14/h1-7,12-13,18,20,25-27H,8-11H2,(H2,23,24). The molecule has 1 heterocycles. The molecule has 1 aliphatic heterocycles. The van der Waals surface area contributed by atoms with E-state index in [0.717, 1.165) is 12.8 Å². The van der Waals surface area contributed by atoms with Crippen molar-refractivity contribution in [2.75, 3.05) is 13.2 Å². The van der Waals surface area contributed by atoms with Crippen LogP contribution < -0.4 is 21.2 Å². The summed E-state index contributed by atoms with van der Waals surface area (Å²) >= 11 is 11.9. The number of nitrogens with one attached hydrogen (secondary N) is 4. The number of benzene rings is 2. The molecule has 0 bridgehead atoms. The Morgan fingerprint density at radius 2 is 1.83 bits per heavy atom. The third-order valence-electron chi connectivity index (χ3n) is 4.75. The average Bonchev–Trinajstić information content (AvgIpc) is 2.75. The summed E-state index contributed by atoms with van der Waals surface area (Å²) in [6.45, 7) is 1.25. The van der Waals surface area contributed by atoms with Gasteiger partial charge in [0.1, 0.15) is 12.1 Å². The van der Waals surface area contributed by atoms with Gasteiger partial charge in [0, 0.05) is 24.8 Å². The van der Waals surface area contributed by atoms with Crippen LogP contribution in [0.1, 0.15) is 18.4 Å². The van der Waals surface area contributed by atoms with E-state index in [1.54, 1.807) is 18.2 Å². The third kappa shape index (κ3) is 6.30. The Labute approximate surface area is 179 Å². The van der Waals surface area contributed by atoms with Crippen molar-refractivity contribution in [1.29, 1.82) is 5.41 Å². The zero-order valence-electron chi connectivity index (χ0n) is 15.7. The van der Waals surface area contributed by atoms with Gasteiger partial charge in [0.15, 0.2) is 5.75 Å². The molecule has 0 aliphatic carbocycles. The summed E-state index contributed by atoms with van der Waals surface area (Å²) in [6, 6.07) is 13.7. The molecule has 1 fully saturated rings. The first-order valence-corrected chi connectivity index (χ1v) is 10.1. The van der Waals surface area contributed by atoms with Crippen molar-refractivity contribution in [2.24, 2.45) is 5.92 Å². The van der Waals surface area contributed by atoms with E-state index in [-0.39, 0.29) is 11.8 Å². The second-order valence-corrected chi connectivity index (χ2v) is 7.54. The Hall–Kier alpha value is -1.87. The minimum Gasteiger partial charge on any atom is -0.394 e. The monoisotopic (exact) mass is 438 g/mol. The molecule has 2 aromatic carbocycles. The second kappa shape index (κ2) is 10.8. The first-order chi connectivity index (χ1) is 14.0. The van der Waals surface area contributed by atoms with Gasteiger partial charge in [0.25, 0.3) is 0 Å². The van der Waals surface area contributed by atoms with Crippen LogP contribution in [0.15, 0.2) is 48.5 Å². The number of rotatable bonds is 8. The molecule has 0 saturated carbocycles. The van der Waals surface area contributed by atoms with Crippen LogP contribution in [0.2, 0.25) is 10.0 Å². The molecule has 5 N–H and O–H groups in total. The summed E-state index contributed by atoms with van der Waals surface area (Å²) in [5, 5.41) is 22.7. The molecule has 0 radical (unpaired) electrons. The number of amidine groups is 1. The molecular formula is C20H24Cl2N4O3. The van der Waals surface area contributed by atoms with Crippen molar-refractivity contribution in [3.8, 4) is 5.75 Å². The Morgan fingerprint density at radius 3 is 2.52 bits per heavy atom. The number of hydrazine groups is 1. The molecule has 0 amide bonds. The van der Waals surface area contributed by atoms with Gasteiger partial charge < -0.3 is 20.0 Å². The quantitative estimate of drug-likeness (QED) is 0.188. The van der Waals surface area contributed by atoms with Gasteiger partial charge in [0.05, 0.1) is 16.1 Å². The summed E-state index contributed by atoms with van der Waals surface area (Å²) in [6.07, 6.45) is 0.545. The van der Waals surface area contributed by atoms with E-state index in [4.69, 9.17) is 38.2 Å². The fraction of sp³-hybridized carbons (Fsp3) is 0.350. The molecular weight excluding hydrogens is 415 g/mol. The highest BCUT2D eigenvalue weighted by atomic mass is 35.5. The van der Waals surface area contributed by atoms with Crippen molar-refractivity contribution in [1.82, 2.24) is 16.3 Å². The Bertz CT molecular complexity index is 804. The number of hydrogen-bond acceptors (Lipinski definition) is 6. The van der Waals surface area contributed by atoms with Gasteiger partial charge in [-0.25, -0.2) is 5.43 Å². The van der Waals surface area contributed by atoms with E-state index < -0.39 is 12.3 Å². The van der Waals surface area contributed by atoms with Gasteiger partial charge in [-0.3, -0.25) is 5.41 Å². The predicted molar refractivity (Wildman–Crippen MR) is 113 cm³/mol. The summed E-state index contributed by atoms with van der Waals surface area (Å²) in [7, 11) is 0. The smallest absolute Gasteiger partial charge is 0.150 e. The fourth-order valence-electron chi connectivity index (χ4n) is 3.15. The molecule has 156 valence electrons. The van der Waals surface area contributed by atoms with E-state index in [2.05, 4.69) is 16.3 Å². The molecule has 29 heavy (non-hydrogen) atoms. The van der Waals surface area contributed by atoms with Gasteiger partial charge >= 0.3 is 0 Å². The van der Waals surface area contributed by atoms with E-state index >= 15 is 0 Å². The maximum atomic E-state index is 10.8. The minimum absolute atomic E-state index is 0.125. The SMILES string of the molecule is N=C(NC(O)C(NNOc1ccc(Cl)c(Cl)c1)C1CCOCC1)c1ccccc1. The largest absolute Gasteiger partial charge is 0.394 e. The first kappa shape index (κ1) is 21.8. The first-order valence-electron chi connectivity index (χ1n) is 9.33. The Morgan fingerprint density at radius 1 is 1.10 bits per heavy atom. The van der Waals surface area contributed by atoms with E-state index in [0.29, 0.717) is 34.6 Å². The molecule has 7 nitrogen and oxygen atoms in total. The van der Waals surface area contributed by atoms with Crippen molar-refractivity contribution in [3.63, 3.8) is 0 Å². The molecule has 1 aliphatic rings. The summed E-state index contributed by atoms with van der Waals surface area (Å²) in [5.41, 5.74) is 6.38. The molecule has 0 aromatic heterocycles. The van der Waals surface area contributed by atoms with Crippen LogP contribution in [0.5, 0.6) is 5.75 Å². The fourth-order valence-corrected chi connectivity index (χ4v) is 3.44. The highest BCUT2D eigenvalue weighted by Crippen LogP contribution is 2.26. The van der Waals surface area contributed by atoms with Gasteiger partial charge in [-0.05, 0) is 30.9 Å². The second-order valence-electron chi connectivity index (χ2n) is 6.73. The van der Waals surface area contributed by atoms with E-state index in [1.165, 1.54) is 0 Å². The van der Waals surface area contributed by atoms with Gasteiger partial charge in [-0.1, -0.05) is 59.1 Å². The van der Waals surface area contributed by atoms with Crippen molar-refractivity contribution >= 4 is 29.0 Å². The van der Waals surface area contributed by atoms with E-state index in [9.17, 15) is 5.11 Å². The molecule has 2 unspecified atom stereocenters. The lowest BCUT2D eigenvalue weighted by atomic mass is 9.91. The lowest BCUT2D eigenvalue weighted by Crippen LogP contribution is -2.58.